The summed E-state index contributed by atoms with van der Waals surface area (Å²) in [5.41, 5.74) is 2.11. The van der Waals surface area contributed by atoms with E-state index in [0.717, 1.165) is 62.3 Å². The average molecular weight is 551 g/mol. The van der Waals surface area contributed by atoms with Crippen LogP contribution in [0.4, 0.5) is 18.9 Å². The molecule has 6 nitrogen and oxygen atoms in total. The van der Waals surface area contributed by atoms with Gasteiger partial charge in [-0.1, -0.05) is 38.5 Å². The summed E-state index contributed by atoms with van der Waals surface area (Å²) in [7, 11) is 1.97. The first kappa shape index (κ1) is 26.9. The van der Waals surface area contributed by atoms with E-state index in [1.165, 1.54) is 18.9 Å². The molecule has 212 valence electrons. The summed E-state index contributed by atoms with van der Waals surface area (Å²) in [5.74, 6) is 1.45. The molecule has 1 aromatic heterocycles. The number of aromatic nitrogens is 3. The highest BCUT2D eigenvalue weighted by Gasteiger charge is 2.46. The van der Waals surface area contributed by atoms with Crippen molar-refractivity contribution in [2.24, 2.45) is 12.5 Å². The molecule has 1 atom stereocenters. The molecule has 2 fully saturated rings. The number of allylic oxidation sites excluding steroid dienone is 1. The van der Waals surface area contributed by atoms with Crippen LogP contribution in [0.15, 0.2) is 78.3 Å². The van der Waals surface area contributed by atoms with Crippen LogP contribution in [-0.2, 0) is 7.05 Å². The Morgan fingerprint density at radius 3 is 2.45 bits per heavy atom. The standard InChI is InChI=1S/C31H37F3N6/c1-4-30(12-9-13-30)28(29-36-35-21-37(29)3)24-10-8-11-25(17-24)39-20-27-26(31(32,33)34)16-23(19-40(27)22(39)2)18-38-14-6-5-7-15-38/h8,10-11,16-17,19-21,28H,2,4-7,9,12-15,18H2,1,3H3. The molecule has 2 aromatic rings. The van der Waals surface area contributed by atoms with E-state index in [1.54, 1.807) is 22.3 Å². The van der Waals surface area contributed by atoms with Gasteiger partial charge in [0.1, 0.15) is 18.0 Å². The van der Waals surface area contributed by atoms with E-state index in [4.69, 9.17) is 0 Å². The normalized spacial score (nSPS) is 21.9. The molecule has 40 heavy (non-hydrogen) atoms. The van der Waals surface area contributed by atoms with E-state index in [2.05, 4.69) is 40.7 Å². The highest BCUT2D eigenvalue weighted by molar-refractivity contribution is 5.64. The van der Waals surface area contributed by atoms with Gasteiger partial charge in [0.2, 0.25) is 0 Å². The second-order valence-corrected chi connectivity index (χ2v) is 11.7. The van der Waals surface area contributed by atoms with E-state index in [-0.39, 0.29) is 17.0 Å². The largest absolute Gasteiger partial charge is 0.418 e. The van der Waals surface area contributed by atoms with Gasteiger partial charge in [0.25, 0.3) is 0 Å². The van der Waals surface area contributed by atoms with Gasteiger partial charge in [-0.25, -0.2) is 0 Å². The number of benzene rings is 1. The van der Waals surface area contributed by atoms with Crippen LogP contribution < -0.4 is 4.90 Å². The number of aryl methyl sites for hydroxylation is 1. The van der Waals surface area contributed by atoms with Crippen molar-refractivity contribution in [2.45, 2.75) is 64.0 Å². The molecule has 6 rings (SSSR count). The van der Waals surface area contributed by atoms with Crippen molar-refractivity contribution in [3.05, 3.63) is 89.7 Å². The number of hydrogen-bond donors (Lipinski definition) is 0. The first-order chi connectivity index (χ1) is 19.2. The Bertz CT molecular complexity index is 1370. The summed E-state index contributed by atoms with van der Waals surface area (Å²) in [6, 6.07) is 8.12. The molecule has 1 saturated carbocycles. The fourth-order valence-corrected chi connectivity index (χ4v) is 6.89. The van der Waals surface area contributed by atoms with Crippen molar-refractivity contribution >= 4 is 5.69 Å². The number of halogens is 3. The Morgan fingerprint density at radius 1 is 1.05 bits per heavy atom. The fourth-order valence-electron chi connectivity index (χ4n) is 6.89. The second kappa shape index (κ2) is 10.3. The molecular weight excluding hydrogens is 513 g/mol. The van der Waals surface area contributed by atoms with Gasteiger partial charge >= 0.3 is 6.18 Å². The maximum atomic E-state index is 14.3. The van der Waals surface area contributed by atoms with Gasteiger partial charge in [0.05, 0.1) is 11.3 Å². The molecule has 9 heteroatoms. The van der Waals surface area contributed by atoms with Crippen molar-refractivity contribution in [3.8, 4) is 0 Å². The van der Waals surface area contributed by atoms with Crippen molar-refractivity contribution in [2.75, 3.05) is 24.5 Å². The molecular formula is C31H37F3N6. The van der Waals surface area contributed by atoms with Crippen LogP contribution in [0.2, 0.25) is 0 Å². The molecule has 3 aliphatic heterocycles. The molecule has 0 amide bonds. The lowest BCUT2D eigenvalue weighted by atomic mass is 9.57. The highest BCUT2D eigenvalue weighted by Crippen LogP contribution is 2.56. The van der Waals surface area contributed by atoms with Crippen LogP contribution >= 0.6 is 0 Å². The van der Waals surface area contributed by atoms with E-state index in [0.29, 0.717) is 17.9 Å². The van der Waals surface area contributed by atoms with E-state index < -0.39 is 11.7 Å². The average Bonchev–Trinajstić information content (AvgIpc) is 3.48. The number of fused-ring (bicyclic) bond motifs is 1. The van der Waals surface area contributed by atoms with Gasteiger partial charge in [0.15, 0.2) is 0 Å². The van der Waals surface area contributed by atoms with Crippen LogP contribution in [0.1, 0.15) is 69.2 Å². The van der Waals surface area contributed by atoms with Gasteiger partial charge in [-0.3, -0.25) is 4.90 Å². The fraction of sp³-hybridized carbons (Fsp3) is 0.484. The molecule has 1 aromatic carbocycles. The Kier molecular flexibility index (Phi) is 6.89. The van der Waals surface area contributed by atoms with Crippen molar-refractivity contribution < 1.29 is 13.2 Å². The van der Waals surface area contributed by atoms with E-state index >= 15 is 0 Å². The topological polar surface area (TPSA) is 40.4 Å². The zero-order valence-corrected chi connectivity index (χ0v) is 23.3. The Balaban J connectivity index is 1.35. The van der Waals surface area contributed by atoms with Crippen molar-refractivity contribution in [3.63, 3.8) is 0 Å². The Morgan fingerprint density at radius 2 is 1.82 bits per heavy atom. The van der Waals surface area contributed by atoms with Crippen LogP contribution in [0.5, 0.6) is 0 Å². The van der Waals surface area contributed by atoms with Gasteiger partial charge in [-0.2, -0.15) is 13.2 Å². The van der Waals surface area contributed by atoms with E-state index in [1.807, 2.05) is 29.9 Å². The molecule has 1 saturated heterocycles. The summed E-state index contributed by atoms with van der Waals surface area (Å²) >= 11 is 0. The molecule has 4 aliphatic rings. The SMILES string of the molecule is C=C1N2C=C(CN3CCCCC3)C=C(C(F)(F)F)C2=CN1c1cccc(C(c2nncn2C)C2(CC)CCC2)c1. The minimum absolute atomic E-state index is 0.0477. The maximum absolute atomic E-state index is 14.3. The van der Waals surface area contributed by atoms with E-state index in [9.17, 15) is 13.2 Å². The molecule has 0 bridgehead atoms. The smallest absolute Gasteiger partial charge is 0.320 e. The highest BCUT2D eigenvalue weighted by atomic mass is 19.4. The third-order valence-corrected chi connectivity index (χ3v) is 9.28. The summed E-state index contributed by atoms with van der Waals surface area (Å²) in [5, 5.41) is 8.66. The van der Waals surface area contributed by atoms with Crippen LogP contribution in [-0.4, -0.2) is 50.4 Å². The monoisotopic (exact) mass is 550 g/mol. The molecule has 0 spiro atoms. The van der Waals surface area contributed by atoms with Gasteiger partial charge in [0, 0.05) is 37.6 Å². The number of hydrogen-bond acceptors (Lipinski definition) is 5. The molecule has 0 N–H and O–H groups in total. The van der Waals surface area contributed by atoms with Gasteiger partial charge < -0.3 is 14.4 Å². The molecule has 4 heterocycles. The van der Waals surface area contributed by atoms with Crippen molar-refractivity contribution in [1.82, 2.24) is 24.6 Å². The quantitative estimate of drug-likeness (QED) is 0.378. The van der Waals surface area contributed by atoms with Gasteiger partial charge in [-0.15, -0.1) is 10.2 Å². The molecule has 0 radical (unpaired) electrons. The summed E-state index contributed by atoms with van der Waals surface area (Å²) in [4.78, 5) is 5.63. The number of likely N-dealkylation sites (tertiary alicyclic amines) is 1. The lowest BCUT2D eigenvalue weighted by Crippen LogP contribution is -2.37. The van der Waals surface area contributed by atoms with Gasteiger partial charge in [-0.05, 0) is 80.0 Å². The second-order valence-electron chi connectivity index (χ2n) is 11.7. The summed E-state index contributed by atoms with van der Waals surface area (Å²) in [6.45, 7) is 8.82. The molecule has 1 aliphatic carbocycles. The number of anilines is 1. The van der Waals surface area contributed by atoms with Crippen LogP contribution in [0, 0.1) is 5.41 Å². The Hall–Kier alpha value is -3.33. The minimum Gasteiger partial charge on any atom is -0.320 e. The number of piperidine rings is 1. The zero-order valence-electron chi connectivity index (χ0n) is 23.3. The molecule has 1 unspecified atom stereocenters. The predicted molar refractivity (Wildman–Crippen MR) is 150 cm³/mol. The summed E-state index contributed by atoms with van der Waals surface area (Å²) < 4.78 is 45.0. The number of alkyl halides is 3. The number of rotatable bonds is 7. The number of nitrogens with zero attached hydrogens (tertiary/aromatic N) is 6. The first-order valence-electron chi connectivity index (χ1n) is 14.4. The maximum Gasteiger partial charge on any atom is 0.418 e. The predicted octanol–water partition coefficient (Wildman–Crippen LogP) is 6.83. The summed E-state index contributed by atoms with van der Waals surface area (Å²) in [6.07, 6.45) is 9.76. The van der Waals surface area contributed by atoms with Crippen LogP contribution in [0.25, 0.3) is 0 Å². The third-order valence-electron chi connectivity index (χ3n) is 9.28. The zero-order chi connectivity index (χ0) is 28.1. The Labute approximate surface area is 234 Å². The van der Waals surface area contributed by atoms with Crippen LogP contribution in [0.3, 0.4) is 0 Å². The third kappa shape index (κ3) is 4.68. The minimum atomic E-state index is -4.47. The van der Waals surface area contributed by atoms with Crippen molar-refractivity contribution in [1.29, 1.82) is 0 Å². The first-order valence-corrected chi connectivity index (χ1v) is 14.4. The lowest BCUT2D eigenvalue weighted by molar-refractivity contribution is -0.0909. The lowest BCUT2D eigenvalue weighted by Gasteiger charge is -2.47.